The lowest BCUT2D eigenvalue weighted by molar-refractivity contribution is 0.0327. The number of hydrogen-bond donors (Lipinski definition) is 3. The molecule has 0 aromatic heterocycles. The highest BCUT2D eigenvalue weighted by atomic mass is 16.3. The molecule has 0 aliphatic carbocycles. The van der Waals surface area contributed by atoms with E-state index in [2.05, 4.69) is 5.32 Å². The van der Waals surface area contributed by atoms with Gasteiger partial charge in [0, 0.05) is 12.1 Å². The van der Waals surface area contributed by atoms with E-state index < -0.39 is 12.2 Å². The minimum absolute atomic E-state index is 0.0231. The smallest absolute Gasteiger partial charge is 0.0964 e. The van der Waals surface area contributed by atoms with Crippen LogP contribution in [0.2, 0.25) is 0 Å². The zero-order chi connectivity index (χ0) is 7.02. The summed E-state index contributed by atoms with van der Waals surface area (Å²) in [4.78, 5) is 0. The third-order valence-electron chi connectivity index (χ3n) is 1.90. The lowest BCUT2D eigenvalue weighted by Gasteiger charge is -2.10. The topological polar surface area (TPSA) is 52.5 Å². The first-order chi connectivity index (χ1) is 4.13. The minimum Gasteiger partial charge on any atom is -0.389 e. The fourth-order valence-electron chi connectivity index (χ4n) is 1.20. The van der Waals surface area contributed by atoms with Crippen molar-refractivity contribution in [1.82, 2.24) is 5.32 Å². The van der Waals surface area contributed by atoms with Gasteiger partial charge in [0.05, 0.1) is 12.2 Å². The molecule has 0 bridgehead atoms. The van der Waals surface area contributed by atoms with Crippen LogP contribution in [-0.4, -0.2) is 34.5 Å². The van der Waals surface area contributed by atoms with Crippen molar-refractivity contribution >= 4 is 0 Å². The van der Waals surface area contributed by atoms with Gasteiger partial charge in [-0.15, -0.1) is 0 Å². The van der Waals surface area contributed by atoms with Gasteiger partial charge >= 0.3 is 0 Å². The van der Waals surface area contributed by atoms with Crippen LogP contribution in [0.25, 0.3) is 0 Å². The SMILES string of the molecule is C[C@H]1N[C@H](C)[C@H](O)[C@H]1O. The Balaban J connectivity index is 2.54. The van der Waals surface area contributed by atoms with E-state index in [1.807, 2.05) is 13.8 Å². The van der Waals surface area contributed by atoms with Crippen molar-refractivity contribution in [2.75, 3.05) is 0 Å². The summed E-state index contributed by atoms with van der Waals surface area (Å²) in [5.41, 5.74) is 0. The summed E-state index contributed by atoms with van der Waals surface area (Å²) in [5, 5.41) is 21.3. The molecule has 1 rings (SSSR count). The fourth-order valence-corrected chi connectivity index (χ4v) is 1.20. The molecule has 0 radical (unpaired) electrons. The second kappa shape index (κ2) is 2.25. The molecule has 3 N–H and O–H groups in total. The molecule has 1 fully saturated rings. The van der Waals surface area contributed by atoms with Crippen molar-refractivity contribution in [1.29, 1.82) is 0 Å². The van der Waals surface area contributed by atoms with Crippen molar-refractivity contribution in [2.24, 2.45) is 0 Å². The molecule has 0 saturated carbocycles. The summed E-state index contributed by atoms with van der Waals surface area (Å²) < 4.78 is 0. The van der Waals surface area contributed by atoms with Gasteiger partial charge in [0.1, 0.15) is 0 Å². The van der Waals surface area contributed by atoms with Crippen LogP contribution in [0.1, 0.15) is 13.8 Å². The maximum Gasteiger partial charge on any atom is 0.0964 e. The zero-order valence-electron chi connectivity index (χ0n) is 5.70. The van der Waals surface area contributed by atoms with Gasteiger partial charge in [0.15, 0.2) is 0 Å². The van der Waals surface area contributed by atoms with Crippen molar-refractivity contribution in [3.63, 3.8) is 0 Å². The predicted molar refractivity (Wildman–Crippen MR) is 34.1 cm³/mol. The van der Waals surface area contributed by atoms with Crippen LogP contribution in [0.5, 0.6) is 0 Å². The maximum absolute atomic E-state index is 9.12. The lowest BCUT2D eigenvalue weighted by atomic mass is 10.1. The number of rotatable bonds is 0. The molecule has 54 valence electrons. The molecule has 1 aliphatic rings. The van der Waals surface area contributed by atoms with Crippen molar-refractivity contribution in [2.45, 2.75) is 38.1 Å². The van der Waals surface area contributed by atoms with Gasteiger partial charge in [-0.05, 0) is 13.8 Å². The van der Waals surface area contributed by atoms with Gasteiger partial charge in [-0.3, -0.25) is 0 Å². The van der Waals surface area contributed by atoms with E-state index >= 15 is 0 Å². The molecule has 9 heavy (non-hydrogen) atoms. The Morgan fingerprint density at radius 2 is 1.33 bits per heavy atom. The average molecular weight is 131 g/mol. The van der Waals surface area contributed by atoms with E-state index in [1.54, 1.807) is 0 Å². The number of aliphatic hydroxyl groups is 2. The Labute approximate surface area is 54.7 Å². The third-order valence-corrected chi connectivity index (χ3v) is 1.90. The quantitative estimate of drug-likeness (QED) is 0.399. The van der Waals surface area contributed by atoms with Gasteiger partial charge < -0.3 is 15.5 Å². The largest absolute Gasteiger partial charge is 0.389 e. The molecule has 3 heteroatoms. The third kappa shape index (κ3) is 1.08. The molecular weight excluding hydrogens is 118 g/mol. The summed E-state index contributed by atoms with van der Waals surface area (Å²) in [6, 6.07) is 0.0463. The summed E-state index contributed by atoms with van der Waals surface area (Å²) in [6.45, 7) is 3.72. The second-order valence-corrected chi connectivity index (χ2v) is 2.73. The first kappa shape index (κ1) is 6.99. The highest BCUT2D eigenvalue weighted by molar-refractivity contribution is 4.93. The van der Waals surface area contributed by atoms with E-state index in [4.69, 9.17) is 10.2 Å². The van der Waals surface area contributed by atoms with E-state index in [0.717, 1.165) is 0 Å². The Bertz CT molecular complexity index is 95.2. The van der Waals surface area contributed by atoms with Crippen LogP contribution in [0.15, 0.2) is 0 Å². The predicted octanol–water partition coefficient (Wildman–Crippen LogP) is -0.912. The average Bonchev–Trinajstić information content (AvgIpc) is 1.98. The van der Waals surface area contributed by atoms with Crippen molar-refractivity contribution in [3.05, 3.63) is 0 Å². The molecule has 0 spiro atoms. The van der Waals surface area contributed by atoms with E-state index in [-0.39, 0.29) is 12.1 Å². The highest BCUT2D eigenvalue weighted by Gasteiger charge is 2.35. The van der Waals surface area contributed by atoms with Crippen LogP contribution in [-0.2, 0) is 0 Å². The summed E-state index contributed by atoms with van der Waals surface area (Å²) in [7, 11) is 0. The Kier molecular flexibility index (Phi) is 1.75. The van der Waals surface area contributed by atoms with Crippen molar-refractivity contribution in [3.8, 4) is 0 Å². The van der Waals surface area contributed by atoms with Gasteiger partial charge in [0.2, 0.25) is 0 Å². The minimum atomic E-state index is -0.597. The van der Waals surface area contributed by atoms with E-state index in [1.165, 1.54) is 0 Å². The normalized spacial score (nSPS) is 52.0. The van der Waals surface area contributed by atoms with Crippen LogP contribution in [0.4, 0.5) is 0 Å². The Morgan fingerprint density at radius 3 is 1.44 bits per heavy atom. The van der Waals surface area contributed by atoms with Crippen LogP contribution in [0, 0.1) is 0 Å². The number of hydrogen-bond acceptors (Lipinski definition) is 3. The van der Waals surface area contributed by atoms with Crippen LogP contribution >= 0.6 is 0 Å². The van der Waals surface area contributed by atoms with Crippen LogP contribution in [0.3, 0.4) is 0 Å². The molecule has 0 aromatic carbocycles. The summed E-state index contributed by atoms with van der Waals surface area (Å²) in [6.07, 6.45) is -1.19. The standard InChI is InChI=1S/C6H13NO2/c1-3-5(8)6(9)4(2)7-3/h3-9H,1-2H3/t3-,4-,5+,6+/m1/s1. The molecule has 0 amide bonds. The molecule has 1 saturated heterocycles. The van der Waals surface area contributed by atoms with Gasteiger partial charge in [-0.25, -0.2) is 0 Å². The zero-order valence-corrected chi connectivity index (χ0v) is 5.70. The lowest BCUT2D eigenvalue weighted by Crippen LogP contribution is -2.30. The van der Waals surface area contributed by atoms with Crippen molar-refractivity contribution < 1.29 is 10.2 Å². The highest BCUT2D eigenvalue weighted by Crippen LogP contribution is 2.12. The van der Waals surface area contributed by atoms with Gasteiger partial charge in [0.25, 0.3) is 0 Å². The number of nitrogens with one attached hydrogen (secondary N) is 1. The van der Waals surface area contributed by atoms with Crippen LogP contribution < -0.4 is 5.32 Å². The first-order valence-electron chi connectivity index (χ1n) is 3.25. The number of aliphatic hydroxyl groups excluding tert-OH is 2. The maximum atomic E-state index is 9.12. The molecular formula is C6H13NO2. The first-order valence-corrected chi connectivity index (χ1v) is 3.25. The van der Waals surface area contributed by atoms with E-state index in [9.17, 15) is 0 Å². The molecule has 4 atom stereocenters. The summed E-state index contributed by atoms with van der Waals surface area (Å²) >= 11 is 0. The Hall–Kier alpha value is -0.120. The monoisotopic (exact) mass is 131 g/mol. The van der Waals surface area contributed by atoms with Gasteiger partial charge in [-0.1, -0.05) is 0 Å². The molecule has 3 nitrogen and oxygen atoms in total. The Morgan fingerprint density at radius 1 is 1.00 bits per heavy atom. The second-order valence-electron chi connectivity index (χ2n) is 2.73. The van der Waals surface area contributed by atoms with E-state index in [0.29, 0.717) is 0 Å². The fraction of sp³-hybridized carbons (Fsp3) is 1.00. The summed E-state index contributed by atoms with van der Waals surface area (Å²) in [5.74, 6) is 0. The molecule has 1 heterocycles. The molecule has 0 aromatic rings. The van der Waals surface area contributed by atoms with Gasteiger partial charge in [-0.2, -0.15) is 0 Å². The molecule has 0 unspecified atom stereocenters. The molecule has 1 aliphatic heterocycles.